The predicted molar refractivity (Wildman–Crippen MR) is 66.0 cm³/mol. The van der Waals surface area contributed by atoms with Gasteiger partial charge in [0, 0.05) is 13.1 Å². The van der Waals surface area contributed by atoms with Crippen molar-refractivity contribution in [2.75, 3.05) is 26.0 Å². The van der Waals surface area contributed by atoms with Crippen molar-refractivity contribution in [3.8, 4) is 0 Å². The predicted octanol–water partition coefficient (Wildman–Crippen LogP) is -1.84. The Hall–Kier alpha value is -1.68. The van der Waals surface area contributed by atoms with E-state index in [0.29, 0.717) is 0 Å². The summed E-state index contributed by atoms with van der Waals surface area (Å²) in [6.07, 6.45) is 0.343. The number of nitrogens with zero attached hydrogens (tertiary/aromatic N) is 1. The lowest BCUT2D eigenvalue weighted by Crippen LogP contribution is -2.56. The molecule has 20 heavy (non-hydrogen) atoms. The van der Waals surface area contributed by atoms with Gasteiger partial charge in [0.25, 0.3) is 5.91 Å². The minimum Gasteiger partial charge on any atom is -0.468 e. The van der Waals surface area contributed by atoms with Crippen LogP contribution in [0.5, 0.6) is 0 Å². The third-order valence-electron chi connectivity index (χ3n) is 3.51. The molecule has 1 spiro atoms. The van der Waals surface area contributed by atoms with Crippen LogP contribution in [0.4, 0.5) is 4.79 Å². The van der Waals surface area contributed by atoms with Crippen LogP contribution in [0.3, 0.4) is 0 Å². The first-order chi connectivity index (χ1) is 9.29. The summed E-state index contributed by atoms with van der Waals surface area (Å²) in [6, 6.07) is -0.569. The van der Waals surface area contributed by atoms with Crippen LogP contribution < -0.4 is 10.6 Å². The molecular formula is C10H15N3O6S. The molecule has 0 saturated carbocycles. The Kier molecular flexibility index (Phi) is 3.69. The maximum absolute atomic E-state index is 11.9. The molecule has 0 aromatic heterocycles. The summed E-state index contributed by atoms with van der Waals surface area (Å²) in [7, 11) is -2.64. The summed E-state index contributed by atoms with van der Waals surface area (Å²) < 4.78 is 29.3. The molecule has 0 aliphatic carbocycles. The molecule has 2 N–H and O–H groups in total. The van der Waals surface area contributed by atoms with Gasteiger partial charge in [0.15, 0.2) is 5.75 Å². The van der Waals surface area contributed by atoms with E-state index >= 15 is 0 Å². The molecule has 0 bridgehead atoms. The normalized spacial score (nSPS) is 22.4. The van der Waals surface area contributed by atoms with Crippen LogP contribution in [-0.2, 0) is 24.3 Å². The number of imide groups is 1. The number of nitrogens with one attached hydrogen (secondary N) is 2. The number of amides is 3. The van der Waals surface area contributed by atoms with Crippen LogP contribution >= 0.6 is 0 Å². The van der Waals surface area contributed by atoms with E-state index < -0.39 is 39.2 Å². The van der Waals surface area contributed by atoms with E-state index in [2.05, 4.69) is 15.4 Å². The van der Waals surface area contributed by atoms with Crippen molar-refractivity contribution >= 4 is 27.9 Å². The molecule has 10 heteroatoms. The number of esters is 1. The quantitative estimate of drug-likeness (QED) is 0.467. The van der Waals surface area contributed by atoms with Gasteiger partial charge in [0.1, 0.15) is 5.54 Å². The average Bonchev–Trinajstić information content (AvgIpc) is 2.64. The summed E-state index contributed by atoms with van der Waals surface area (Å²) in [5.41, 5.74) is -1.03. The SMILES string of the molecule is COC(=O)CS(=O)(=O)N1CCC2(CC1)NC(=O)NC2=O. The monoisotopic (exact) mass is 305 g/mol. The molecule has 2 aliphatic heterocycles. The second-order valence-corrected chi connectivity index (χ2v) is 6.69. The van der Waals surface area contributed by atoms with Crippen molar-refractivity contribution in [2.24, 2.45) is 0 Å². The van der Waals surface area contributed by atoms with E-state index in [0.717, 1.165) is 11.4 Å². The van der Waals surface area contributed by atoms with Crippen molar-refractivity contribution in [1.29, 1.82) is 0 Å². The Labute approximate surface area is 115 Å². The number of carbonyl (C=O) groups excluding carboxylic acids is 3. The van der Waals surface area contributed by atoms with Gasteiger partial charge >= 0.3 is 12.0 Å². The molecule has 0 radical (unpaired) electrons. The summed E-state index contributed by atoms with van der Waals surface area (Å²) in [5, 5.41) is 4.67. The standard InChI is InChI=1S/C10H15N3O6S/c1-19-7(14)6-20(17,18)13-4-2-10(3-5-13)8(15)11-9(16)12-10/h2-6H2,1H3,(H2,11,12,15,16). The molecule has 0 unspecified atom stereocenters. The number of urea groups is 1. The summed E-state index contributed by atoms with van der Waals surface area (Å²) in [4.78, 5) is 33.9. The summed E-state index contributed by atoms with van der Waals surface area (Å²) in [5.74, 6) is -2.00. The highest BCUT2D eigenvalue weighted by Gasteiger charge is 2.49. The van der Waals surface area contributed by atoms with Gasteiger partial charge < -0.3 is 10.1 Å². The third kappa shape index (κ3) is 2.61. The van der Waals surface area contributed by atoms with Gasteiger partial charge in [-0.15, -0.1) is 0 Å². The second kappa shape index (κ2) is 5.02. The van der Waals surface area contributed by atoms with Crippen molar-refractivity contribution in [1.82, 2.24) is 14.9 Å². The fourth-order valence-corrected chi connectivity index (χ4v) is 3.66. The zero-order valence-corrected chi connectivity index (χ0v) is 11.7. The fourth-order valence-electron chi connectivity index (χ4n) is 2.33. The van der Waals surface area contributed by atoms with E-state index in [4.69, 9.17) is 0 Å². The summed E-state index contributed by atoms with van der Waals surface area (Å²) >= 11 is 0. The highest BCUT2D eigenvalue weighted by atomic mass is 32.2. The van der Waals surface area contributed by atoms with E-state index in [1.807, 2.05) is 0 Å². The van der Waals surface area contributed by atoms with Gasteiger partial charge in [-0.3, -0.25) is 14.9 Å². The number of methoxy groups -OCH3 is 1. The molecule has 2 fully saturated rings. The molecule has 0 aromatic carbocycles. The first-order valence-electron chi connectivity index (χ1n) is 5.97. The Bertz CT molecular complexity index is 549. The van der Waals surface area contributed by atoms with Gasteiger partial charge in [-0.05, 0) is 12.8 Å². The number of sulfonamides is 1. The Morgan fingerprint density at radius 3 is 2.40 bits per heavy atom. The lowest BCUT2D eigenvalue weighted by molar-refractivity contribution is -0.137. The van der Waals surface area contributed by atoms with Gasteiger partial charge in [-0.25, -0.2) is 17.5 Å². The molecule has 112 valence electrons. The number of piperidine rings is 1. The number of hydrogen-bond donors (Lipinski definition) is 2. The van der Waals surface area contributed by atoms with E-state index in [9.17, 15) is 22.8 Å². The lowest BCUT2D eigenvalue weighted by atomic mass is 9.89. The largest absolute Gasteiger partial charge is 0.468 e. The average molecular weight is 305 g/mol. The first-order valence-corrected chi connectivity index (χ1v) is 7.58. The van der Waals surface area contributed by atoms with Gasteiger partial charge in [-0.1, -0.05) is 0 Å². The maximum Gasteiger partial charge on any atom is 0.322 e. The molecule has 0 aromatic rings. The lowest BCUT2D eigenvalue weighted by Gasteiger charge is -2.35. The third-order valence-corrected chi connectivity index (χ3v) is 5.26. The van der Waals surface area contributed by atoms with Crippen molar-refractivity contribution in [3.63, 3.8) is 0 Å². The van der Waals surface area contributed by atoms with Gasteiger partial charge in [0.2, 0.25) is 10.0 Å². The number of hydrogen-bond acceptors (Lipinski definition) is 6. The maximum atomic E-state index is 11.9. The number of ether oxygens (including phenoxy) is 1. The number of carbonyl (C=O) groups is 3. The zero-order chi connectivity index (χ0) is 15.0. The van der Waals surface area contributed by atoms with Crippen LogP contribution in [0.2, 0.25) is 0 Å². The van der Waals surface area contributed by atoms with Gasteiger partial charge in [-0.2, -0.15) is 0 Å². The van der Waals surface area contributed by atoms with Crippen LogP contribution in [0.15, 0.2) is 0 Å². The number of rotatable bonds is 3. The molecule has 3 amide bonds. The van der Waals surface area contributed by atoms with Crippen molar-refractivity contribution in [2.45, 2.75) is 18.4 Å². The zero-order valence-electron chi connectivity index (χ0n) is 10.8. The highest BCUT2D eigenvalue weighted by Crippen LogP contribution is 2.26. The molecule has 2 heterocycles. The van der Waals surface area contributed by atoms with Crippen LogP contribution in [0, 0.1) is 0 Å². The molecule has 2 aliphatic rings. The van der Waals surface area contributed by atoms with Crippen LogP contribution in [-0.4, -0.2) is 62.1 Å². The van der Waals surface area contributed by atoms with Crippen molar-refractivity contribution in [3.05, 3.63) is 0 Å². The van der Waals surface area contributed by atoms with Crippen LogP contribution in [0.25, 0.3) is 0 Å². The fraction of sp³-hybridized carbons (Fsp3) is 0.700. The van der Waals surface area contributed by atoms with Crippen LogP contribution in [0.1, 0.15) is 12.8 Å². The molecule has 0 atom stereocenters. The molecular weight excluding hydrogens is 290 g/mol. The molecule has 2 rings (SSSR count). The minimum absolute atomic E-state index is 0.0625. The Morgan fingerprint density at radius 2 is 1.95 bits per heavy atom. The Morgan fingerprint density at radius 1 is 1.35 bits per heavy atom. The molecule has 9 nitrogen and oxygen atoms in total. The van der Waals surface area contributed by atoms with E-state index in [1.54, 1.807) is 0 Å². The highest BCUT2D eigenvalue weighted by molar-refractivity contribution is 7.89. The van der Waals surface area contributed by atoms with E-state index in [1.165, 1.54) is 0 Å². The first kappa shape index (κ1) is 14.7. The smallest absolute Gasteiger partial charge is 0.322 e. The topological polar surface area (TPSA) is 122 Å². The second-order valence-electron chi connectivity index (χ2n) is 4.72. The minimum atomic E-state index is -3.76. The Balaban J connectivity index is 2.03. The molecule has 2 saturated heterocycles. The summed E-state index contributed by atoms with van der Waals surface area (Å²) in [6.45, 7) is 0.125. The van der Waals surface area contributed by atoms with Gasteiger partial charge in [0.05, 0.1) is 7.11 Å². The van der Waals surface area contributed by atoms with Crippen molar-refractivity contribution < 1.29 is 27.5 Å². The van der Waals surface area contributed by atoms with E-state index in [-0.39, 0.29) is 25.9 Å².